The molecule has 0 unspecified atom stereocenters. The minimum absolute atomic E-state index is 0.322. The third-order valence-electron chi connectivity index (χ3n) is 22.6. The van der Waals surface area contributed by atoms with Crippen molar-refractivity contribution in [3.8, 4) is 89.8 Å². The summed E-state index contributed by atoms with van der Waals surface area (Å²) < 4.78 is 48.4. The second-order valence-corrected chi connectivity index (χ2v) is 32.1. The Morgan fingerprint density at radius 1 is 0.283 bits per heavy atom. The van der Waals surface area contributed by atoms with Gasteiger partial charge in [0, 0.05) is 132 Å². The smallest absolute Gasteiger partial charge is 0.119 e. The monoisotopic (exact) mass is 1500 g/mol. The summed E-state index contributed by atoms with van der Waals surface area (Å²) in [5.74, 6) is 3.07. The molecule has 0 saturated heterocycles. The van der Waals surface area contributed by atoms with Crippen LogP contribution in [0.4, 0.5) is 0 Å². The highest BCUT2D eigenvalue weighted by atomic mass is 16.5. The zero-order chi connectivity index (χ0) is 78.2. The highest BCUT2D eigenvalue weighted by molar-refractivity contribution is 6.05. The SMILES string of the molecule is COC(C)(C)CCOc1ccc(-c2c3nc(c(-c4cc5c(cc4-c4c6nc(c(-c7ccc(OCCC(C)(C)OC)cc7)c7ccc(cc8nc(c(-c9ccc(OCCC(C)(C)OC)cc9)c9ccc4[nH]9)C=C8)[nH]7)C=C6)CCC5)c4ccc([nH]4)c(-c4ccc(OCCC(C)(C)OC)cc4)c4nc(cc5ccc2[nH]5)C=C4)C=C3)cc1. The second-order valence-electron chi connectivity index (χ2n) is 32.1. The van der Waals surface area contributed by atoms with Gasteiger partial charge in [0.1, 0.15) is 23.0 Å². The van der Waals surface area contributed by atoms with Crippen molar-refractivity contribution >= 4 is 92.7 Å². The predicted molar refractivity (Wildman–Crippen MR) is 461 cm³/mol. The van der Waals surface area contributed by atoms with Gasteiger partial charge in [0.25, 0.3) is 0 Å². The molecule has 11 aromatic rings. The number of hydrogen-bond donors (Lipinski definition) is 4. The van der Waals surface area contributed by atoms with Gasteiger partial charge in [-0.25, -0.2) is 19.9 Å². The fraction of sp³-hybridized carbons (Fsp3) is 0.278. The number of methoxy groups -OCH3 is 4. The van der Waals surface area contributed by atoms with Crippen molar-refractivity contribution in [2.24, 2.45) is 0 Å². The van der Waals surface area contributed by atoms with E-state index in [1.165, 1.54) is 11.1 Å². The van der Waals surface area contributed by atoms with E-state index < -0.39 is 0 Å². The van der Waals surface area contributed by atoms with Crippen LogP contribution < -0.4 is 18.9 Å². The maximum Gasteiger partial charge on any atom is 0.119 e. The third kappa shape index (κ3) is 16.5. The van der Waals surface area contributed by atoms with Crippen LogP contribution in [0.2, 0.25) is 0 Å². The molecule has 0 fully saturated rings. The first-order valence-corrected chi connectivity index (χ1v) is 39.2. The van der Waals surface area contributed by atoms with Crippen molar-refractivity contribution in [2.75, 3.05) is 54.9 Å². The number of ether oxygens (including phenoxy) is 8. The van der Waals surface area contributed by atoms with Crippen LogP contribution in [0.15, 0.2) is 170 Å². The summed E-state index contributed by atoms with van der Waals surface area (Å²) in [6.45, 7) is 18.6. The highest BCUT2D eigenvalue weighted by Gasteiger charge is 2.28. The van der Waals surface area contributed by atoms with Crippen LogP contribution in [-0.4, -0.2) is 117 Å². The Hall–Kier alpha value is -11.7. The summed E-state index contributed by atoms with van der Waals surface area (Å²) >= 11 is 0. The molecule has 4 N–H and O–H groups in total. The van der Waals surface area contributed by atoms with E-state index in [2.05, 4.69) is 245 Å². The molecule has 0 atom stereocenters. The Balaban J connectivity index is 0.959. The number of nitrogens with one attached hydrogen (secondary N) is 4. The molecule has 0 amide bonds. The van der Waals surface area contributed by atoms with Crippen molar-refractivity contribution in [2.45, 2.75) is 123 Å². The number of benzene rings is 5. The lowest BCUT2D eigenvalue weighted by molar-refractivity contribution is 0.00511. The average molecular weight is 1500 g/mol. The molecular weight excluding hydrogens is 1410 g/mol. The van der Waals surface area contributed by atoms with Gasteiger partial charge in [-0.1, -0.05) is 60.7 Å². The Morgan fingerprint density at radius 3 is 0.841 bits per heavy atom. The van der Waals surface area contributed by atoms with Gasteiger partial charge in [-0.3, -0.25) is 0 Å². The number of fused-ring (bicyclic) bond motifs is 17. The maximum absolute atomic E-state index is 6.37. The van der Waals surface area contributed by atoms with Crippen LogP contribution in [0, 0.1) is 0 Å². The zero-order valence-electron chi connectivity index (χ0n) is 66.6. The van der Waals surface area contributed by atoms with Gasteiger partial charge in [-0.2, -0.15) is 0 Å². The number of H-pyrrole nitrogens is 4. The van der Waals surface area contributed by atoms with Gasteiger partial charge in [-0.15, -0.1) is 0 Å². The van der Waals surface area contributed by atoms with Crippen LogP contribution in [0.5, 0.6) is 23.0 Å². The van der Waals surface area contributed by atoms with E-state index in [-0.39, 0.29) is 22.4 Å². The van der Waals surface area contributed by atoms with E-state index in [1.807, 2.05) is 48.5 Å². The van der Waals surface area contributed by atoms with Crippen LogP contribution in [-0.2, 0) is 31.8 Å². The number of aryl methyl sites for hydroxylation is 2. The van der Waals surface area contributed by atoms with Gasteiger partial charge in [0.2, 0.25) is 0 Å². The minimum Gasteiger partial charge on any atom is -0.493 e. The van der Waals surface area contributed by atoms with Crippen LogP contribution >= 0.6 is 0 Å². The first kappa shape index (κ1) is 75.4. The van der Waals surface area contributed by atoms with Gasteiger partial charge in [0.05, 0.1) is 94.4 Å². The molecule has 0 saturated carbocycles. The number of aromatic nitrogens is 8. The molecule has 4 aliphatic heterocycles. The van der Waals surface area contributed by atoms with E-state index in [4.69, 9.17) is 57.8 Å². The molecule has 574 valence electrons. The number of rotatable bonds is 26. The Kier molecular flexibility index (Phi) is 21.0. The Labute approximate surface area is 660 Å². The van der Waals surface area contributed by atoms with Gasteiger partial charge in [-0.05, 0) is 277 Å². The molecule has 16 nitrogen and oxygen atoms in total. The van der Waals surface area contributed by atoms with Crippen molar-refractivity contribution < 1.29 is 37.9 Å². The van der Waals surface area contributed by atoms with Crippen molar-refractivity contribution in [3.05, 3.63) is 227 Å². The van der Waals surface area contributed by atoms with E-state index in [0.717, 1.165) is 224 Å². The van der Waals surface area contributed by atoms with E-state index in [1.54, 1.807) is 28.4 Å². The summed E-state index contributed by atoms with van der Waals surface area (Å²) in [4.78, 5) is 38.4. The molecule has 5 aliphatic rings. The molecule has 1 aliphatic carbocycles. The summed E-state index contributed by atoms with van der Waals surface area (Å²) in [7, 11) is 6.96. The second kappa shape index (κ2) is 31.5. The van der Waals surface area contributed by atoms with Crippen molar-refractivity contribution in [1.29, 1.82) is 0 Å². The molecule has 10 heterocycles. The fourth-order valence-electron chi connectivity index (χ4n) is 15.0. The predicted octanol–water partition coefficient (Wildman–Crippen LogP) is 22.9. The number of nitrogens with zero attached hydrogens (tertiary/aromatic N) is 4. The fourth-order valence-corrected chi connectivity index (χ4v) is 15.0. The zero-order valence-corrected chi connectivity index (χ0v) is 66.6. The standard InChI is InChI=1S/C97H98N8O8/c1-94(2,106-9)48-52-110-70-28-16-60(17-29-70)88-76-36-24-66(98-76)58-67-25-37-77(99-67)89(61-18-30-71(31-19-61)111-53-49-95(3,4)107-10)81-41-45-85(103-81)92(84-44-40-80(88)102-84)74-56-64-14-13-15-65(64)57-75(74)93-86-46-42-82(104-86)90(62-20-32-72(33-21-62)112-54-50-96(5,6)108-11)78-38-26-68(100-78)59-69-27-39-79(101-69)91(83-43-47-87(93)105-83)63-22-34-73(35-23-63)113-55-51-97(7,8)109-12/h16-47,56-59,98,100,103,105H,13-15,48-55H2,1-12H3. The molecule has 5 aromatic carbocycles. The quantitative estimate of drug-likeness (QED) is 0.0402. The third-order valence-corrected chi connectivity index (χ3v) is 22.6. The van der Waals surface area contributed by atoms with Crippen LogP contribution in [0.3, 0.4) is 0 Å². The normalized spacial score (nSPS) is 13.3. The Bertz CT molecular complexity index is 5420. The largest absolute Gasteiger partial charge is 0.493 e. The highest BCUT2D eigenvalue weighted by Crippen LogP contribution is 2.47. The van der Waals surface area contributed by atoms with E-state index in [0.29, 0.717) is 26.4 Å². The van der Waals surface area contributed by atoms with Crippen molar-refractivity contribution in [3.63, 3.8) is 0 Å². The van der Waals surface area contributed by atoms with E-state index in [9.17, 15) is 0 Å². The number of hydrogen-bond acceptors (Lipinski definition) is 12. The Morgan fingerprint density at radius 2 is 0.540 bits per heavy atom. The minimum atomic E-state index is -0.322. The van der Waals surface area contributed by atoms with Crippen LogP contribution in [0.25, 0.3) is 160 Å². The summed E-state index contributed by atoms with van der Waals surface area (Å²) in [5, 5.41) is 0. The van der Waals surface area contributed by atoms with Crippen molar-refractivity contribution in [1.82, 2.24) is 39.9 Å². The summed E-state index contributed by atoms with van der Waals surface area (Å²) in [5.41, 5.74) is 26.0. The van der Waals surface area contributed by atoms with Gasteiger partial charge < -0.3 is 57.8 Å². The molecule has 16 bridgehead atoms. The van der Waals surface area contributed by atoms with E-state index >= 15 is 0 Å². The molecule has 6 aromatic heterocycles. The molecule has 16 heteroatoms. The molecule has 113 heavy (non-hydrogen) atoms. The maximum atomic E-state index is 6.37. The lowest BCUT2D eigenvalue weighted by Gasteiger charge is -2.22. The first-order valence-electron chi connectivity index (χ1n) is 39.2. The lowest BCUT2D eigenvalue weighted by atomic mass is 9.89. The number of aromatic amines is 4. The van der Waals surface area contributed by atoms with Crippen LogP contribution in [0.1, 0.15) is 144 Å². The summed E-state index contributed by atoms with van der Waals surface area (Å²) in [6.07, 6.45) is 22.8. The molecule has 0 spiro atoms. The molecular formula is C97H98N8O8. The molecule has 0 radical (unpaired) electrons. The van der Waals surface area contributed by atoms with Gasteiger partial charge >= 0.3 is 0 Å². The molecule has 16 rings (SSSR count). The summed E-state index contributed by atoms with van der Waals surface area (Å²) in [6, 6.07) is 59.8. The lowest BCUT2D eigenvalue weighted by Crippen LogP contribution is -2.25. The van der Waals surface area contributed by atoms with Gasteiger partial charge in [0.15, 0.2) is 0 Å². The topological polar surface area (TPSA) is 189 Å². The first-order chi connectivity index (χ1) is 54.6. The average Bonchev–Trinajstić information content (AvgIpc) is 1.59.